The standard InChI is InChI=1S/C21H28N2O3/c1-4-12-23-17-11-10-16(22-19(24)15-8-6-5-7-9-15)13-18(17)26-14-21(2,3)20(23)25/h4,10-11,13,15H,1,5-9,12,14H2,2-3H3,(H,22,24). The molecule has 1 aromatic rings. The fraction of sp³-hybridized carbons (Fsp3) is 0.524. The number of nitrogens with zero attached hydrogens (tertiary/aromatic N) is 1. The second-order valence-corrected chi connectivity index (χ2v) is 7.88. The molecule has 1 saturated carbocycles. The van der Waals surface area contributed by atoms with Crippen LogP contribution in [-0.2, 0) is 9.59 Å². The molecule has 1 aromatic carbocycles. The molecule has 0 bridgehead atoms. The molecule has 1 fully saturated rings. The van der Waals surface area contributed by atoms with Crippen LogP contribution in [0, 0.1) is 11.3 Å². The molecule has 0 unspecified atom stereocenters. The minimum absolute atomic E-state index is 0.00939. The summed E-state index contributed by atoms with van der Waals surface area (Å²) in [6, 6.07) is 5.50. The Bertz CT molecular complexity index is 705. The Morgan fingerprint density at radius 3 is 2.77 bits per heavy atom. The van der Waals surface area contributed by atoms with Gasteiger partial charge in [-0.25, -0.2) is 0 Å². The maximum Gasteiger partial charge on any atom is 0.236 e. The molecule has 2 aliphatic rings. The van der Waals surface area contributed by atoms with Crippen LogP contribution in [0.1, 0.15) is 46.0 Å². The van der Waals surface area contributed by atoms with Gasteiger partial charge in [-0.05, 0) is 38.8 Å². The highest BCUT2D eigenvalue weighted by molar-refractivity contribution is 6.00. The number of rotatable bonds is 4. The molecule has 0 radical (unpaired) electrons. The first-order valence-electron chi connectivity index (χ1n) is 9.43. The van der Waals surface area contributed by atoms with Gasteiger partial charge in [0.05, 0.1) is 11.1 Å². The van der Waals surface area contributed by atoms with Crippen LogP contribution in [0.5, 0.6) is 5.75 Å². The molecule has 2 amide bonds. The van der Waals surface area contributed by atoms with E-state index in [1.165, 1.54) is 6.42 Å². The molecule has 5 heteroatoms. The summed E-state index contributed by atoms with van der Waals surface area (Å²) in [5, 5.41) is 3.02. The first-order valence-corrected chi connectivity index (χ1v) is 9.43. The van der Waals surface area contributed by atoms with E-state index in [0.717, 1.165) is 31.4 Å². The zero-order valence-corrected chi connectivity index (χ0v) is 15.7. The predicted molar refractivity (Wildman–Crippen MR) is 103 cm³/mol. The lowest BCUT2D eigenvalue weighted by Gasteiger charge is -2.27. The van der Waals surface area contributed by atoms with Crippen LogP contribution in [0.4, 0.5) is 11.4 Å². The Balaban J connectivity index is 1.83. The number of nitrogens with one attached hydrogen (secondary N) is 1. The van der Waals surface area contributed by atoms with E-state index in [2.05, 4.69) is 11.9 Å². The fourth-order valence-electron chi connectivity index (χ4n) is 3.64. The highest BCUT2D eigenvalue weighted by Gasteiger charge is 2.37. The Labute approximate surface area is 155 Å². The van der Waals surface area contributed by atoms with Crippen molar-refractivity contribution >= 4 is 23.2 Å². The quantitative estimate of drug-likeness (QED) is 0.825. The van der Waals surface area contributed by atoms with Crippen LogP contribution in [0.25, 0.3) is 0 Å². The molecule has 140 valence electrons. The number of fused-ring (bicyclic) bond motifs is 1. The van der Waals surface area contributed by atoms with E-state index < -0.39 is 5.41 Å². The lowest BCUT2D eigenvalue weighted by Crippen LogP contribution is -2.42. The van der Waals surface area contributed by atoms with Gasteiger partial charge in [0.1, 0.15) is 12.4 Å². The van der Waals surface area contributed by atoms with Crippen molar-refractivity contribution in [2.75, 3.05) is 23.4 Å². The molecule has 0 saturated heterocycles. The zero-order valence-electron chi connectivity index (χ0n) is 15.7. The summed E-state index contributed by atoms with van der Waals surface area (Å²) in [6.07, 6.45) is 7.10. The number of carbonyl (C=O) groups excluding carboxylic acids is 2. The normalized spacial score (nSPS) is 19.9. The largest absolute Gasteiger partial charge is 0.490 e. The first-order chi connectivity index (χ1) is 12.4. The highest BCUT2D eigenvalue weighted by Crippen LogP contribution is 2.38. The molecular weight excluding hydrogens is 328 g/mol. The molecule has 1 N–H and O–H groups in total. The van der Waals surface area contributed by atoms with E-state index in [1.807, 2.05) is 32.0 Å². The van der Waals surface area contributed by atoms with E-state index in [0.29, 0.717) is 24.6 Å². The summed E-state index contributed by atoms with van der Waals surface area (Å²) in [5.41, 5.74) is 0.814. The van der Waals surface area contributed by atoms with Gasteiger partial charge in [0.25, 0.3) is 0 Å². The Kier molecular flexibility index (Phi) is 5.35. The Hall–Kier alpha value is -2.30. The lowest BCUT2D eigenvalue weighted by molar-refractivity contribution is -0.127. The summed E-state index contributed by atoms with van der Waals surface area (Å²) in [4.78, 5) is 27.0. The molecule has 1 heterocycles. The fourth-order valence-corrected chi connectivity index (χ4v) is 3.64. The monoisotopic (exact) mass is 356 g/mol. The van der Waals surface area contributed by atoms with Crippen molar-refractivity contribution in [3.63, 3.8) is 0 Å². The highest BCUT2D eigenvalue weighted by atomic mass is 16.5. The van der Waals surface area contributed by atoms with Crippen LogP contribution >= 0.6 is 0 Å². The van der Waals surface area contributed by atoms with Gasteiger partial charge in [-0.15, -0.1) is 6.58 Å². The smallest absolute Gasteiger partial charge is 0.236 e. The third kappa shape index (κ3) is 3.76. The third-order valence-electron chi connectivity index (χ3n) is 5.22. The van der Waals surface area contributed by atoms with E-state index >= 15 is 0 Å². The zero-order chi connectivity index (χ0) is 18.7. The molecule has 1 aliphatic carbocycles. The van der Waals surface area contributed by atoms with Crippen molar-refractivity contribution in [1.82, 2.24) is 0 Å². The van der Waals surface area contributed by atoms with E-state index in [9.17, 15) is 9.59 Å². The molecule has 0 aromatic heterocycles. The number of hydrogen-bond acceptors (Lipinski definition) is 3. The maximum atomic E-state index is 12.8. The summed E-state index contributed by atoms with van der Waals surface area (Å²) in [7, 11) is 0. The van der Waals surface area contributed by atoms with Crippen molar-refractivity contribution in [3.05, 3.63) is 30.9 Å². The van der Waals surface area contributed by atoms with Crippen LogP contribution < -0.4 is 15.0 Å². The van der Waals surface area contributed by atoms with Gasteiger partial charge in [-0.3, -0.25) is 9.59 Å². The molecule has 26 heavy (non-hydrogen) atoms. The summed E-state index contributed by atoms with van der Waals surface area (Å²) in [6.45, 7) is 8.23. The average molecular weight is 356 g/mol. The second kappa shape index (κ2) is 7.52. The minimum Gasteiger partial charge on any atom is -0.490 e. The minimum atomic E-state index is -0.618. The van der Waals surface area contributed by atoms with Gasteiger partial charge in [0.2, 0.25) is 11.8 Å². The first kappa shape index (κ1) is 18.5. The molecule has 0 spiro atoms. The van der Waals surface area contributed by atoms with Crippen molar-refractivity contribution in [2.45, 2.75) is 46.0 Å². The van der Waals surface area contributed by atoms with Crippen molar-refractivity contribution in [3.8, 4) is 5.75 Å². The van der Waals surface area contributed by atoms with Crippen LogP contribution in [-0.4, -0.2) is 25.0 Å². The molecule has 1 aliphatic heterocycles. The maximum absolute atomic E-state index is 12.8. The summed E-state index contributed by atoms with van der Waals surface area (Å²) < 4.78 is 5.93. The topological polar surface area (TPSA) is 58.6 Å². The van der Waals surface area contributed by atoms with E-state index in [1.54, 1.807) is 11.0 Å². The molecular formula is C21H28N2O3. The molecule has 0 atom stereocenters. The SMILES string of the molecule is C=CCN1C(=O)C(C)(C)COc2cc(NC(=O)C3CCCCC3)ccc21. The lowest BCUT2D eigenvalue weighted by atomic mass is 9.88. The average Bonchev–Trinajstić information content (AvgIpc) is 2.73. The summed E-state index contributed by atoms with van der Waals surface area (Å²) in [5.74, 6) is 0.807. The van der Waals surface area contributed by atoms with Crippen LogP contribution in [0.3, 0.4) is 0 Å². The molecule has 5 nitrogen and oxygen atoms in total. The van der Waals surface area contributed by atoms with Gasteiger partial charge >= 0.3 is 0 Å². The number of ether oxygens (including phenoxy) is 1. The van der Waals surface area contributed by atoms with Gasteiger partial charge in [0.15, 0.2) is 0 Å². The van der Waals surface area contributed by atoms with Crippen molar-refractivity contribution < 1.29 is 14.3 Å². The number of benzene rings is 1. The molecule has 3 rings (SSSR count). The van der Waals surface area contributed by atoms with Gasteiger partial charge < -0.3 is 15.0 Å². The van der Waals surface area contributed by atoms with Crippen LogP contribution in [0.2, 0.25) is 0 Å². The number of carbonyl (C=O) groups is 2. The van der Waals surface area contributed by atoms with Gasteiger partial charge in [0, 0.05) is 24.2 Å². The predicted octanol–water partition coefficient (Wildman–Crippen LogP) is 4.14. The van der Waals surface area contributed by atoms with E-state index in [4.69, 9.17) is 4.74 Å². The number of hydrogen-bond donors (Lipinski definition) is 1. The number of amides is 2. The van der Waals surface area contributed by atoms with Gasteiger partial charge in [-0.2, -0.15) is 0 Å². The Morgan fingerprint density at radius 1 is 1.35 bits per heavy atom. The van der Waals surface area contributed by atoms with Crippen molar-refractivity contribution in [1.29, 1.82) is 0 Å². The van der Waals surface area contributed by atoms with E-state index in [-0.39, 0.29) is 17.7 Å². The summed E-state index contributed by atoms with van der Waals surface area (Å²) >= 11 is 0. The Morgan fingerprint density at radius 2 is 2.08 bits per heavy atom. The third-order valence-corrected chi connectivity index (χ3v) is 5.22. The van der Waals surface area contributed by atoms with Crippen LogP contribution in [0.15, 0.2) is 30.9 Å². The van der Waals surface area contributed by atoms with Crippen molar-refractivity contribution in [2.24, 2.45) is 11.3 Å². The second-order valence-electron chi connectivity index (χ2n) is 7.88. The van der Waals surface area contributed by atoms with Gasteiger partial charge in [-0.1, -0.05) is 25.3 Å². The number of anilines is 2.